The van der Waals surface area contributed by atoms with Gasteiger partial charge in [-0.2, -0.15) is 5.26 Å². The standard InChI is InChI=1S/C11H12ClNO/c1-7(2)9-5-11(14-3)10(12)4-8(9)6-13/h4-5,7H,1-3H3. The highest BCUT2D eigenvalue weighted by atomic mass is 35.5. The number of nitriles is 1. The Morgan fingerprint density at radius 1 is 1.43 bits per heavy atom. The first-order valence-electron chi connectivity index (χ1n) is 4.37. The Balaban J connectivity index is 3.34. The largest absolute Gasteiger partial charge is 0.495 e. The molecule has 14 heavy (non-hydrogen) atoms. The number of halogens is 1. The molecule has 0 spiro atoms. The van der Waals surface area contributed by atoms with Gasteiger partial charge in [-0.15, -0.1) is 0 Å². The van der Waals surface area contributed by atoms with Gasteiger partial charge in [0.05, 0.1) is 23.8 Å². The van der Waals surface area contributed by atoms with Gasteiger partial charge in [0.1, 0.15) is 5.75 Å². The molecular formula is C11H12ClNO. The second-order valence-corrected chi connectivity index (χ2v) is 3.75. The van der Waals surface area contributed by atoms with Crippen LogP contribution in [0.15, 0.2) is 12.1 Å². The van der Waals surface area contributed by atoms with Crippen LogP contribution in [0.1, 0.15) is 30.9 Å². The molecule has 0 fully saturated rings. The van der Waals surface area contributed by atoms with Crippen LogP contribution in [0.25, 0.3) is 0 Å². The molecule has 0 aromatic heterocycles. The lowest BCUT2D eigenvalue weighted by molar-refractivity contribution is 0.414. The molecule has 2 nitrogen and oxygen atoms in total. The number of ether oxygens (including phenoxy) is 1. The van der Waals surface area contributed by atoms with E-state index in [1.54, 1.807) is 13.2 Å². The Hall–Kier alpha value is -1.20. The minimum absolute atomic E-state index is 0.288. The molecule has 0 heterocycles. The molecule has 0 aliphatic heterocycles. The van der Waals surface area contributed by atoms with Crippen molar-refractivity contribution in [2.24, 2.45) is 0 Å². The van der Waals surface area contributed by atoms with Crippen LogP contribution in [-0.4, -0.2) is 7.11 Å². The van der Waals surface area contributed by atoms with E-state index in [-0.39, 0.29) is 5.92 Å². The molecule has 0 bridgehead atoms. The van der Waals surface area contributed by atoms with Crippen molar-refractivity contribution in [3.05, 3.63) is 28.3 Å². The second-order valence-electron chi connectivity index (χ2n) is 3.34. The average Bonchev–Trinajstić information content (AvgIpc) is 2.16. The Kier molecular flexibility index (Phi) is 3.38. The first kappa shape index (κ1) is 10.9. The Bertz CT molecular complexity index is 380. The summed E-state index contributed by atoms with van der Waals surface area (Å²) in [7, 11) is 1.57. The normalized spacial score (nSPS) is 10.0. The molecule has 0 amide bonds. The molecule has 0 radical (unpaired) electrons. The van der Waals surface area contributed by atoms with Crippen LogP contribution in [0.3, 0.4) is 0 Å². The van der Waals surface area contributed by atoms with Crippen molar-refractivity contribution in [3.63, 3.8) is 0 Å². The zero-order chi connectivity index (χ0) is 10.7. The van der Waals surface area contributed by atoms with Crippen molar-refractivity contribution in [1.82, 2.24) is 0 Å². The van der Waals surface area contributed by atoms with Crippen molar-refractivity contribution >= 4 is 11.6 Å². The lowest BCUT2D eigenvalue weighted by Crippen LogP contribution is -1.95. The van der Waals surface area contributed by atoms with E-state index in [9.17, 15) is 0 Å². The zero-order valence-electron chi connectivity index (χ0n) is 8.47. The first-order chi connectivity index (χ1) is 6.60. The highest BCUT2D eigenvalue weighted by molar-refractivity contribution is 6.32. The van der Waals surface area contributed by atoms with Crippen LogP contribution in [0.4, 0.5) is 0 Å². The fourth-order valence-corrected chi connectivity index (χ4v) is 1.54. The third-order valence-electron chi connectivity index (χ3n) is 2.07. The van der Waals surface area contributed by atoms with Crippen molar-refractivity contribution in [3.8, 4) is 11.8 Å². The Morgan fingerprint density at radius 2 is 2.07 bits per heavy atom. The topological polar surface area (TPSA) is 33.0 Å². The van der Waals surface area contributed by atoms with E-state index in [0.29, 0.717) is 16.3 Å². The molecule has 0 atom stereocenters. The SMILES string of the molecule is COc1cc(C(C)C)c(C#N)cc1Cl. The number of nitrogens with zero attached hydrogens (tertiary/aromatic N) is 1. The Morgan fingerprint density at radius 3 is 2.50 bits per heavy atom. The van der Waals surface area contributed by atoms with E-state index in [2.05, 4.69) is 6.07 Å². The van der Waals surface area contributed by atoms with Gasteiger partial charge in [0.25, 0.3) is 0 Å². The summed E-state index contributed by atoms with van der Waals surface area (Å²) in [4.78, 5) is 0. The summed E-state index contributed by atoms with van der Waals surface area (Å²) < 4.78 is 5.09. The molecule has 0 unspecified atom stereocenters. The molecule has 1 rings (SSSR count). The van der Waals surface area contributed by atoms with Crippen LogP contribution in [-0.2, 0) is 0 Å². The fraction of sp³-hybridized carbons (Fsp3) is 0.364. The summed E-state index contributed by atoms with van der Waals surface area (Å²) in [5.41, 5.74) is 1.58. The van der Waals surface area contributed by atoms with Gasteiger partial charge >= 0.3 is 0 Å². The lowest BCUT2D eigenvalue weighted by atomic mass is 9.97. The highest BCUT2D eigenvalue weighted by Gasteiger charge is 2.11. The van der Waals surface area contributed by atoms with E-state index in [1.807, 2.05) is 19.9 Å². The average molecular weight is 210 g/mol. The zero-order valence-corrected chi connectivity index (χ0v) is 9.22. The van der Waals surface area contributed by atoms with Crippen LogP contribution in [0.5, 0.6) is 5.75 Å². The van der Waals surface area contributed by atoms with Crippen molar-refractivity contribution in [1.29, 1.82) is 5.26 Å². The van der Waals surface area contributed by atoms with Crippen LogP contribution < -0.4 is 4.74 Å². The minimum Gasteiger partial charge on any atom is -0.495 e. The highest BCUT2D eigenvalue weighted by Crippen LogP contribution is 2.31. The predicted octanol–water partition coefficient (Wildman–Crippen LogP) is 3.34. The summed E-state index contributed by atoms with van der Waals surface area (Å²) in [6, 6.07) is 5.60. The number of methoxy groups -OCH3 is 1. The van der Waals surface area contributed by atoms with E-state index in [0.717, 1.165) is 5.56 Å². The number of benzene rings is 1. The predicted molar refractivity (Wildman–Crippen MR) is 56.8 cm³/mol. The van der Waals surface area contributed by atoms with Crippen LogP contribution in [0, 0.1) is 11.3 Å². The number of hydrogen-bond acceptors (Lipinski definition) is 2. The molecule has 3 heteroatoms. The summed E-state index contributed by atoms with van der Waals surface area (Å²) in [5, 5.41) is 9.39. The third kappa shape index (κ3) is 2.00. The smallest absolute Gasteiger partial charge is 0.137 e. The van der Waals surface area contributed by atoms with Gasteiger partial charge in [-0.25, -0.2) is 0 Å². The van der Waals surface area contributed by atoms with Gasteiger partial charge in [-0.1, -0.05) is 25.4 Å². The molecule has 0 N–H and O–H groups in total. The molecule has 0 saturated carbocycles. The summed E-state index contributed by atoms with van der Waals surface area (Å²) in [5.74, 6) is 0.908. The molecule has 0 saturated heterocycles. The molecular weight excluding hydrogens is 198 g/mol. The summed E-state index contributed by atoms with van der Waals surface area (Å²) in [6.07, 6.45) is 0. The van der Waals surface area contributed by atoms with E-state index in [1.165, 1.54) is 0 Å². The van der Waals surface area contributed by atoms with Crippen molar-refractivity contribution in [2.75, 3.05) is 7.11 Å². The van der Waals surface area contributed by atoms with E-state index < -0.39 is 0 Å². The van der Waals surface area contributed by atoms with Crippen molar-refractivity contribution < 1.29 is 4.74 Å². The van der Waals surface area contributed by atoms with Crippen molar-refractivity contribution in [2.45, 2.75) is 19.8 Å². The number of rotatable bonds is 2. The molecule has 0 aliphatic carbocycles. The van der Waals surface area contributed by atoms with Gasteiger partial charge < -0.3 is 4.74 Å². The Labute approximate surface area is 89.1 Å². The van der Waals surface area contributed by atoms with Gasteiger partial charge in [-0.3, -0.25) is 0 Å². The minimum atomic E-state index is 0.288. The second kappa shape index (κ2) is 4.34. The lowest BCUT2D eigenvalue weighted by Gasteiger charge is -2.11. The van der Waals surface area contributed by atoms with Gasteiger partial charge in [0.2, 0.25) is 0 Å². The van der Waals surface area contributed by atoms with E-state index >= 15 is 0 Å². The molecule has 74 valence electrons. The van der Waals surface area contributed by atoms with Gasteiger partial charge in [0.15, 0.2) is 0 Å². The number of hydrogen-bond donors (Lipinski definition) is 0. The summed E-state index contributed by atoms with van der Waals surface area (Å²) in [6.45, 7) is 4.06. The third-order valence-corrected chi connectivity index (χ3v) is 2.36. The fourth-order valence-electron chi connectivity index (χ4n) is 1.30. The molecule has 0 aliphatic rings. The first-order valence-corrected chi connectivity index (χ1v) is 4.75. The molecule has 1 aromatic rings. The van der Waals surface area contributed by atoms with Crippen LogP contribution >= 0.6 is 11.6 Å². The van der Waals surface area contributed by atoms with Crippen LogP contribution in [0.2, 0.25) is 5.02 Å². The van der Waals surface area contributed by atoms with E-state index in [4.69, 9.17) is 21.6 Å². The van der Waals surface area contributed by atoms with Gasteiger partial charge in [-0.05, 0) is 23.6 Å². The monoisotopic (exact) mass is 209 g/mol. The maximum atomic E-state index is 8.91. The quantitative estimate of drug-likeness (QED) is 0.749. The maximum absolute atomic E-state index is 8.91. The summed E-state index contributed by atoms with van der Waals surface area (Å²) >= 11 is 5.91. The maximum Gasteiger partial charge on any atom is 0.137 e. The molecule has 1 aromatic carbocycles. The van der Waals surface area contributed by atoms with Gasteiger partial charge in [0, 0.05) is 0 Å².